The maximum absolute atomic E-state index is 12.0. The number of ether oxygens (including phenoxy) is 1. The molecule has 2 aromatic carbocycles. The molecule has 0 heterocycles. The van der Waals surface area contributed by atoms with E-state index in [4.69, 9.17) is 4.74 Å². The number of amides is 1. The van der Waals surface area contributed by atoms with Crippen LogP contribution in [0.15, 0.2) is 42.5 Å². The quantitative estimate of drug-likeness (QED) is 0.885. The Labute approximate surface area is 125 Å². The maximum Gasteiger partial charge on any atom is 0.243 e. The first-order valence-electron chi connectivity index (χ1n) is 6.84. The van der Waals surface area contributed by atoms with Crippen molar-refractivity contribution in [3.05, 3.63) is 53.6 Å². The van der Waals surface area contributed by atoms with Crippen LogP contribution >= 0.6 is 0 Å². The number of aryl methyl sites for hydroxylation is 2. The standard InChI is InChI=1S/C17H20N2O2/c1-12-5-4-6-13(2)17(12)18-11-16(20)19-14-7-9-15(21-3)10-8-14/h4-10,18H,11H2,1-3H3,(H,19,20). The number of methoxy groups -OCH3 is 1. The zero-order valence-corrected chi connectivity index (χ0v) is 12.6. The molecule has 2 N–H and O–H groups in total. The summed E-state index contributed by atoms with van der Waals surface area (Å²) in [6.45, 7) is 4.28. The minimum Gasteiger partial charge on any atom is -0.497 e. The normalized spacial score (nSPS) is 10.0. The number of rotatable bonds is 5. The van der Waals surface area contributed by atoms with E-state index in [1.807, 2.05) is 56.3 Å². The molecule has 110 valence electrons. The van der Waals surface area contributed by atoms with E-state index in [1.165, 1.54) is 0 Å². The van der Waals surface area contributed by atoms with Gasteiger partial charge in [-0.25, -0.2) is 0 Å². The summed E-state index contributed by atoms with van der Waals surface area (Å²) in [6, 6.07) is 13.3. The number of anilines is 2. The van der Waals surface area contributed by atoms with Gasteiger partial charge in [0.1, 0.15) is 5.75 Å². The summed E-state index contributed by atoms with van der Waals surface area (Å²) in [5.74, 6) is 0.685. The number of nitrogens with one attached hydrogen (secondary N) is 2. The summed E-state index contributed by atoms with van der Waals surface area (Å²) in [6.07, 6.45) is 0. The van der Waals surface area contributed by atoms with Crippen molar-refractivity contribution in [2.75, 3.05) is 24.3 Å². The molecule has 0 aliphatic carbocycles. The molecule has 0 unspecified atom stereocenters. The average molecular weight is 284 g/mol. The van der Waals surface area contributed by atoms with Crippen LogP contribution in [0.2, 0.25) is 0 Å². The first kappa shape index (κ1) is 14.9. The van der Waals surface area contributed by atoms with E-state index < -0.39 is 0 Å². The molecule has 2 aromatic rings. The van der Waals surface area contributed by atoms with Crippen molar-refractivity contribution in [2.24, 2.45) is 0 Å². The number of para-hydroxylation sites is 1. The van der Waals surface area contributed by atoms with Crippen LogP contribution in [-0.2, 0) is 4.79 Å². The van der Waals surface area contributed by atoms with Crippen LogP contribution in [-0.4, -0.2) is 19.6 Å². The number of hydrogen-bond donors (Lipinski definition) is 2. The molecule has 0 radical (unpaired) electrons. The van der Waals surface area contributed by atoms with Gasteiger partial charge in [0.25, 0.3) is 0 Å². The topological polar surface area (TPSA) is 50.4 Å². The van der Waals surface area contributed by atoms with Crippen LogP contribution in [0, 0.1) is 13.8 Å². The fourth-order valence-electron chi connectivity index (χ4n) is 2.14. The Hall–Kier alpha value is -2.49. The molecule has 1 amide bonds. The van der Waals surface area contributed by atoms with Gasteiger partial charge in [-0.05, 0) is 49.2 Å². The number of carbonyl (C=O) groups is 1. The summed E-state index contributed by atoms with van der Waals surface area (Å²) in [5.41, 5.74) is 4.03. The van der Waals surface area contributed by atoms with E-state index in [2.05, 4.69) is 10.6 Å². The van der Waals surface area contributed by atoms with Crippen LogP contribution in [0.25, 0.3) is 0 Å². The summed E-state index contributed by atoms with van der Waals surface area (Å²) >= 11 is 0. The Morgan fingerprint density at radius 2 is 1.67 bits per heavy atom. The minimum atomic E-state index is -0.0807. The molecule has 21 heavy (non-hydrogen) atoms. The Kier molecular flexibility index (Phi) is 4.82. The van der Waals surface area contributed by atoms with Gasteiger partial charge in [0.15, 0.2) is 0 Å². The third-order valence-corrected chi connectivity index (χ3v) is 3.28. The molecular formula is C17H20N2O2. The average Bonchev–Trinajstić information content (AvgIpc) is 2.47. The lowest BCUT2D eigenvalue weighted by Gasteiger charge is -2.12. The van der Waals surface area contributed by atoms with Crippen molar-refractivity contribution in [3.63, 3.8) is 0 Å². The smallest absolute Gasteiger partial charge is 0.243 e. The van der Waals surface area contributed by atoms with E-state index in [-0.39, 0.29) is 12.5 Å². The van der Waals surface area contributed by atoms with Gasteiger partial charge < -0.3 is 15.4 Å². The highest BCUT2D eigenvalue weighted by Gasteiger charge is 2.05. The lowest BCUT2D eigenvalue weighted by atomic mass is 10.1. The van der Waals surface area contributed by atoms with Gasteiger partial charge in [0.05, 0.1) is 13.7 Å². The molecule has 2 rings (SSSR count). The molecule has 0 fully saturated rings. The Bertz CT molecular complexity index is 601. The van der Waals surface area contributed by atoms with Gasteiger partial charge in [-0.3, -0.25) is 4.79 Å². The monoisotopic (exact) mass is 284 g/mol. The molecule has 0 bridgehead atoms. The zero-order chi connectivity index (χ0) is 15.2. The van der Waals surface area contributed by atoms with Crippen LogP contribution in [0.4, 0.5) is 11.4 Å². The van der Waals surface area contributed by atoms with Gasteiger partial charge in [-0.15, -0.1) is 0 Å². The van der Waals surface area contributed by atoms with Crippen LogP contribution in [0.5, 0.6) is 5.75 Å². The van der Waals surface area contributed by atoms with E-state index in [1.54, 1.807) is 7.11 Å². The molecule has 0 atom stereocenters. The third kappa shape index (κ3) is 3.99. The zero-order valence-electron chi connectivity index (χ0n) is 12.6. The van der Waals surface area contributed by atoms with Crippen molar-refractivity contribution in [1.29, 1.82) is 0 Å². The van der Waals surface area contributed by atoms with E-state index >= 15 is 0 Å². The lowest BCUT2D eigenvalue weighted by molar-refractivity contribution is -0.114. The predicted octanol–water partition coefficient (Wildman–Crippen LogP) is 3.36. The SMILES string of the molecule is COc1ccc(NC(=O)CNc2c(C)cccc2C)cc1. The fourth-order valence-corrected chi connectivity index (χ4v) is 2.14. The highest BCUT2D eigenvalue weighted by atomic mass is 16.5. The molecular weight excluding hydrogens is 264 g/mol. The summed E-state index contributed by atoms with van der Waals surface area (Å²) in [7, 11) is 1.61. The van der Waals surface area contributed by atoms with Crippen molar-refractivity contribution < 1.29 is 9.53 Å². The van der Waals surface area contributed by atoms with Gasteiger partial charge in [-0.2, -0.15) is 0 Å². The van der Waals surface area contributed by atoms with Crippen LogP contribution in [0.3, 0.4) is 0 Å². The molecule has 4 nitrogen and oxygen atoms in total. The van der Waals surface area contributed by atoms with Gasteiger partial charge in [0, 0.05) is 11.4 Å². The number of hydrogen-bond acceptors (Lipinski definition) is 3. The second kappa shape index (κ2) is 6.79. The molecule has 0 saturated carbocycles. The Balaban J connectivity index is 1.92. The van der Waals surface area contributed by atoms with E-state index in [0.29, 0.717) is 0 Å². The molecule has 0 spiro atoms. The lowest BCUT2D eigenvalue weighted by Crippen LogP contribution is -2.22. The van der Waals surface area contributed by atoms with Gasteiger partial charge in [0.2, 0.25) is 5.91 Å². The second-order valence-electron chi connectivity index (χ2n) is 4.90. The number of benzene rings is 2. The van der Waals surface area contributed by atoms with Gasteiger partial charge >= 0.3 is 0 Å². The van der Waals surface area contributed by atoms with Crippen molar-refractivity contribution in [1.82, 2.24) is 0 Å². The summed E-state index contributed by atoms with van der Waals surface area (Å²) in [4.78, 5) is 12.0. The highest BCUT2D eigenvalue weighted by Crippen LogP contribution is 2.19. The molecule has 0 saturated heterocycles. The molecule has 0 aliphatic heterocycles. The van der Waals surface area contributed by atoms with Crippen molar-refractivity contribution in [2.45, 2.75) is 13.8 Å². The minimum absolute atomic E-state index is 0.0807. The largest absolute Gasteiger partial charge is 0.497 e. The molecule has 0 aromatic heterocycles. The van der Waals surface area contributed by atoms with Crippen LogP contribution < -0.4 is 15.4 Å². The summed E-state index contributed by atoms with van der Waals surface area (Å²) < 4.78 is 5.08. The second-order valence-corrected chi connectivity index (χ2v) is 4.90. The fraction of sp³-hybridized carbons (Fsp3) is 0.235. The van der Waals surface area contributed by atoms with E-state index in [0.717, 1.165) is 28.3 Å². The third-order valence-electron chi connectivity index (χ3n) is 3.28. The Morgan fingerprint density at radius 3 is 2.24 bits per heavy atom. The number of carbonyl (C=O) groups excluding carboxylic acids is 1. The van der Waals surface area contributed by atoms with E-state index in [9.17, 15) is 4.79 Å². The first-order valence-corrected chi connectivity index (χ1v) is 6.84. The van der Waals surface area contributed by atoms with Crippen LogP contribution in [0.1, 0.15) is 11.1 Å². The highest BCUT2D eigenvalue weighted by molar-refractivity contribution is 5.94. The predicted molar refractivity (Wildman–Crippen MR) is 86.0 cm³/mol. The molecule has 0 aliphatic rings. The molecule has 4 heteroatoms. The Morgan fingerprint density at radius 1 is 1.05 bits per heavy atom. The summed E-state index contributed by atoms with van der Waals surface area (Å²) in [5, 5.41) is 6.03. The van der Waals surface area contributed by atoms with Crippen molar-refractivity contribution in [3.8, 4) is 5.75 Å². The maximum atomic E-state index is 12.0. The first-order chi connectivity index (χ1) is 10.1. The van der Waals surface area contributed by atoms with Crippen molar-refractivity contribution >= 4 is 17.3 Å². The van der Waals surface area contributed by atoms with Gasteiger partial charge in [-0.1, -0.05) is 18.2 Å².